The molecule has 0 radical (unpaired) electrons. The maximum Gasteiger partial charge on any atom is 0.226 e. The molecule has 3 heterocycles. The maximum atomic E-state index is 13.1. The van der Waals surface area contributed by atoms with Gasteiger partial charge in [0.05, 0.1) is 18.4 Å². The van der Waals surface area contributed by atoms with Gasteiger partial charge in [-0.2, -0.15) is 0 Å². The van der Waals surface area contributed by atoms with Gasteiger partial charge in [-0.15, -0.1) is 0 Å². The monoisotopic (exact) mass is 301 g/mol. The Morgan fingerprint density at radius 3 is 3.05 bits per heavy atom. The molecule has 7 heteroatoms. The van der Waals surface area contributed by atoms with E-state index >= 15 is 0 Å². The summed E-state index contributed by atoms with van der Waals surface area (Å²) in [5.41, 5.74) is 1.25. The average Bonchev–Trinajstić information content (AvgIpc) is 3.12. The number of aryl methyl sites for hydroxylation is 1. The van der Waals surface area contributed by atoms with Gasteiger partial charge in [-0.1, -0.05) is 0 Å². The minimum atomic E-state index is -0.333. The van der Waals surface area contributed by atoms with Crippen LogP contribution in [0.2, 0.25) is 0 Å². The van der Waals surface area contributed by atoms with E-state index in [1.165, 1.54) is 12.3 Å². The molecule has 22 heavy (non-hydrogen) atoms. The molecule has 0 spiro atoms. The average molecular weight is 301 g/mol. The fourth-order valence-corrected chi connectivity index (χ4v) is 2.24. The smallest absolute Gasteiger partial charge is 0.226 e. The van der Waals surface area contributed by atoms with E-state index in [-0.39, 0.29) is 18.1 Å². The second-order valence-corrected chi connectivity index (χ2v) is 5.03. The summed E-state index contributed by atoms with van der Waals surface area (Å²) in [6.07, 6.45) is 9.39. The SMILES string of the molecule is O=C(Cc1cn2cc(F)ccc2n1)NCCCn1ccnc1. The summed E-state index contributed by atoms with van der Waals surface area (Å²) in [7, 11) is 0. The largest absolute Gasteiger partial charge is 0.356 e. The highest BCUT2D eigenvalue weighted by molar-refractivity contribution is 5.78. The first-order valence-corrected chi connectivity index (χ1v) is 7.06. The molecular weight excluding hydrogens is 285 g/mol. The minimum Gasteiger partial charge on any atom is -0.356 e. The quantitative estimate of drug-likeness (QED) is 0.700. The summed E-state index contributed by atoms with van der Waals surface area (Å²) in [4.78, 5) is 20.1. The third-order valence-electron chi connectivity index (χ3n) is 3.28. The lowest BCUT2D eigenvalue weighted by atomic mass is 10.3. The fraction of sp³-hybridized carbons (Fsp3) is 0.267. The zero-order chi connectivity index (χ0) is 15.4. The van der Waals surface area contributed by atoms with Crippen LogP contribution in [0, 0.1) is 5.82 Å². The molecule has 0 aliphatic carbocycles. The molecule has 1 N–H and O–H groups in total. The first-order valence-electron chi connectivity index (χ1n) is 7.06. The molecule has 0 aromatic carbocycles. The number of rotatable bonds is 6. The zero-order valence-electron chi connectivity index (χ0n) is 11.9. The standard InChI is InChI=1S/C15H16FN5O/c16-12-2-3-14-19-13(10-21(14)9-12)8-15(22)18-4-1-6-20-7-5-17-11-20/h2-3,5,7,9-11H,1,4,6,8H2,(H,18,22). The highest BCUT2D eigenvalue weighted by Crippen LogP contribution is 2.07. The van der Waals surface area contributed by atoms with Crippen molar-refractivity contribution in [3.63, 3.8) is 0 Å². The van der Waals surface area contributed by atoms with Crippen LogP contribution in [-0.4, -0.2) is 31.4 Å². The zero-order valence-corrected chi connectivity index (χ0v) is 11.9. The van der Waals surface area contributed by atoms with Crippen LogP contribution in [0.25, 0.3) is 5.65 Å². The highest BCUT2D eigenvalue weighted by atomic mass is 19.1. The summed E-state index contributed by atoms with van der Waals surface area (Å²) >= 11 is 0. The molecule has 1 amide bonds. The predicted molar refractivity (Wildman–Crippen MR) is 78.7 cm³/mol. The molecule has 3 aromatic rings. The number of hydrogen-bond donors (Lipinski definition) is 1. The topological polar surface area (TPSA) is 64.2 Å². The summed E-state index contributed by atoms with van der Waals surface area (Å²) in [5.74, 6) is -0.421. The summed E-state index contributed by atoms with van der Waals surface area (Å²) < 4.78 is 16.6. The number of imidazole rings is 2. The molecule has 0 saturated carbocycles. The lowest BCUT2D eigenvalue weighted by Gasteiger charge is -2.04. The molecular formula is C15H16FN5O. The van der Waals surface area contributed by atoms with E-state index in [2.05, 4.69) is 15.3 Å². The molecule has 0 atom stereocenters. The minimum absolute atomic E-state index is 0.0884. The Morgan fingerprint density at radius 2 is 2.23 bits per heavy atom. The van der Waals surface area contributed by atoms with Gasteiger partial charge in [0.25, 0.3) is 0 Å². The second-order valence-electron chi connectivity index (χ2n) is 5.03. The number of halogens is 1. The van der Waals surface area contributed by atoms with Crippen LogP contribution >= 0.6 is 0 Å². The van der Waals surface area contributed by atoms with Gasteiger partial charge >= 0.3 is 0 Å². The summed E-state index contributed by atoms with van der Waals surface area (Å²) in [5, 5.41) is 2.85. The third-order valence-corrected chi connectivity index (χ3v) is 3.28. The molecule has 0 unspecified atom stereocenters. The lowest BCUT2D eigenvalue weighted by molar-refractivity contribution is -0.120. The number of hydrogen-bond acceptors (Lipinski definition) is 3. The Kier molecular flexibility index (Phi) is 4.13. The van der Waals surface area contributed by atoms with Crippen molar-refractivity contribution in [2.45, 2.75) is 19.4 Å². The van der Waals surface area contributed by atoms with Crippen molar-refractivity contribution in [1.82, 2.24) is 24.3 Å². The van der Waals surface area contributed by atoms with Crippen LogP contribution in [0.4, 0.5) is 4.39 Å². The Labute approximate surface area is 126 Å². The number of pyridine rings is 1. The van der Waals surface area contributed by atoms with Gasteiger partial charge in [0.15, 0.2) is 0 Å². The molecule has 114 valence electrons. The molecule has 6 nitrogen and oxygen atoms in total. The van der Waals surface area contributed by atoms with Gasteiger partial charge < -0.3 is 14.3 Å². The van der Waals surface area contributed by atoms with E-state index in [0.29, 0.717) is 17.9 Å². The van der Waals surface area contributed by atoms with Crippen LogP contribution < -0.4 is 5.32 Å². The maximum absolute atomic E-state index is 13.1. The molecule has 3 aromatic heterocycles. The van der Waals surface area contributed by atoms with Gasteiger partial charge in [-0.25, -0.2) is 14.4 Å². The van der Waals surface area contributed by atoms with Crippen molar-refractivity contribution in [3.8, 4) is 0 Å². The van der Waals surface area contributed by atoms with Gasteiger partial charge in [0, 0.05) is 37.9 Å². The van der Waals surface area contributed by atoms with E-state index in [9.17, 15) is 9.18 Å². The number of carbonyl (C=O) groups excluding carboxylic acids is 1. The third kappa shape index (κ3) is 3.49. The van der Waals surface area contributed by atoms with Crippen LogP contribution in [0.15, 0.2) is 43.2 Å². The van der Waals surface area contributed by atoms with Crippen LogP contribution in [0.5, 0.6) is 0 Å². The van der Waals surface area contributed by atoms with E-state index in [4.69, 9.17) is 0 Å². The van der Waals surface area contributed by atoms with Crippen molar-refractivity contribution in [3.05, 3.63) is 54.8 Å². The Morgan fingerprint density at radius 1 is 1.32 bits per heavy atom. The normalized spacial score (nSPS) is 11.0. The van der Waals surface area contributed by atoms with E-state index in [0.717, 1.165) is 13.0 Å². The number of fused-ring (bicyclic) bond motifs is 1. The predicted octanol–water partition coefficient (Wildman–Crippen LogP) is 1.42. The van der Waals surface area contributed by atoms with E-state index in [1.807, 2.05) is 10.8 Å². The van der Waals surface area contributed by atoms with Crippen molar-refractivity contribution >= 4 is 11.6 Å². The fourth-order valence-electron chi connectivity index (χ4n) is 2.24. The summed E-state index contributed by atoms with van der Waals surface area (Å²) in [6.45, 7) is 1.41. The van der Waals surface area contributed by atoms with E-state index in [1.54, 1.807) is 29.2 Å². The van der Waals surface area contributed by atoms with Crippen molar-refractivity contribution in [2.24, 2.45) is 0 Å². The van der Waals surface area contributed by atoms with Crippen LogP contribution in [-0.2, 0) is 17.8 Å². The molecule has 3 rings (SSSR count). The summed E-state index contributed by atoms with van der Waals surface area (Å²) in [6, 6.07) is 2.93. The molecule has 0 fully saturated rings. The van der Waals surface area contributed by atoms with Gasteiger partial charge in [0.1, 0.15) is 11.5 Å². The van der Waals surface area contributed by atoms with Crippen LogP contribution in [0.3, 0.4) is 0 Å². The Bertz CT molecular complexity index is 765. The second kappa shape index (κ2) is 6.38. The van der Waals surface area contributed by atoms with Gasteiger partial charge in [0.2, 0.25) is 5.91 Å². The number of aromatic nitrogens is 4. The first kappa shape index (κ1) is 14.2. The van der Waals surface area contributed by atoms with Crippen molar-refractivity contribution in [2.75, 3.05) is 6.54 Å². The van der Waals surface area contributed by atoms with E-state index < -0.39 is 0 Å². The highest BCUT2D eigenvalue weighted by Gasteiger charge is 2.07. The number of nitrogens with zero attached hydrogens (tertiary/aromatic N) is 4. The number of nitrogens with one attached hydrogen (secondary N) is 1. The first-order chi connectivity index (χ1) is 10.7. The molecule has 0 saturated heterocycles. The lowest BCUT2D eigenvalue weighted by Crippen LogP contribution is -2.26. The molecule has 0 aliphatic rings. The molecule has 0 bridgehead atoms. The number of amides is 1. The van der Waals surface area contributed by atoms with Gasteiger partial charge in [-0.3, -0.25) is 4.79 Å². The van der Waals surface area contributed by atoms with Gasteiger partial charge in [-0.05, 0) is 18.6 Å². The van der Waals surface area contributed by atoms with Crippen molar-refractivity contribution < 1.29 is 9.18 Å². The molecule has 0 aliphatic heterocycles. The Hall–Kier alpha value is -2.70. The Balaban J connectivity index is 1.48. The number of carbonyl (C=O) groups is 1. The van der Waals surface area contributed by atoms with Crippen LogP contribution in [0.1, 0.15) is 12.1 Å². The van der Waals surface area contributed by atoms with Crippen molar-refractivity contribution in [1.29, 1.82) is 0 Å².